The number of fused-ring (bicyclic) bond motifs is 2. The van der Waals surface area contributed by atoms with Crippen LogP contribution >= 0.6 is 11.8 Å². The second-order valence-corrected chi connectivity index (χ2v) is 6.38. The molecule has 0 aliphatic carbocycles. The standard InChI is InChI=1S/C16H13N3OS/c1-10-7-8-13-12(9-10)16(15(20)17-13)19-18-14(21-16)11-5-3-2-4-6-11/h2-9,19H,1H3,(H,17,20)/t16-/m0/s1. The molecule has 1 spiro atoms. The molecular weight excluding hydrogens is 282 g/mol. The normalized spacial score (nSPS) is 22.7. The van der Waals surface area contributed by atoms with Gasteiger partial charge >= 0.3 is 0 Å². The summed E-state index contributed by atoms with van der Waals surface area (Å²) in [5.41, 5.74) is 7.00. The Morgan fingerprint density at radius 3 is 2.76 bits per heavy atom. The maximum atomic E-state index is 12.5. The van der Waals surface area contributed by atoms with Crippen molar-refractivity contribution in [2.45, 2.75) is 11.8 Å². The third kappa shape index (κ3) is 1.77. The van der Waals surface area contributed by atoms with Crippen LogP contribution in [0.5, 0.6) is 0 Å². The van der Waals surface area contributed by atoms with Crippen molar-refractivity contribution < 1.29 is 4.79 Å². The van der Waals surface area contributed by atoms with E-state index in [9.17, 15) is 4.79 Å². The number of hydrazone groups is 1. The smallest absolute Gasteiger partial charge is 0.267 e. The fourth-order valence-electron chi connectivity index (χ4n) is 2.63. The van der Waals surface area contributed by atoms with E-state index in [1.165, 1.54) is 11.8 Å². The highest BCUT2D eigenvalue weighted by molar-refractivity contribution is 8.16. The molecule has 2 aromatic rings. The zero-order chi connectivity index (χ0) is 14.4. The number of nitrogens with zero attached hydrogens (tertiary/aromatic N) is 1. The Balaban J connectivity index is 1.76. The summed E-state index contributed by atoms with van der Waals surface area (Å²) in [5, 5.41) is 8.16. The van der Waals surface area contributed by atoms with E-state index in [1.54, 1.807) is 0 Å². The van der Waals surface area contributed by atoms with Gasteiger partial charge in [0.05, 0.1) is 0 Å². The highest BCUT2D eigenvalue weighted by atomic mass is 32.2. The Labute approximate surface area is 126 Å². The molecule has 0 saturated carbocycles. The van der Waals surface area contributed by atoms with Crippen molar-refractivity contribution in [3.63, 3.8) is 0 Å². The largest absolute Gasteiger partial charge is 0.323 e. The summed E-state index contributed by atoms with van der Waals surface area (Å²) >= 11 is 1.46. The summed E-state index contributed by atoms with van der Waals surface area (Å²) in [7, 11) is 0. The summed E-state index contributed by atoms with van der Waals surface area (Å²) in [5.74, 6) is -0.0669. The van der Waals surface area contributed by atoms with Crippen molar-refractivity contribution in [3.05, 3.63) is 65.2 Å². The number of carbonyl (C=O) groups is 1. The average molecular weight is 295 g/mol. The molecule has 0 fully saturated rings. The van der Waals surface area contributed by atoms with Crippen molar-refractivity contribution >= 4 is 28.4 Å². The van der Waals surface area contributed by atoms with Gasteiger partial charge in [-0.05, 0) is 13.0 Å². The van der Waals surface area contributed by atoms with Gasteiger partial charge in [-0.15, -0.1) is 0 Å². The fraction of sp³-hybridized carbons (Fsp3) is 0.125. The van der Waals surface area contributed by atoms with Crippen LogP contribution in [-0.4, -0.2) is 11.0 Å². The zero-order valence-electron chi connectivity index (χ0n) is 11.4. The van der Waals surface area contributed by atoms with Crippen LogP contribution in [0.4, 0.5) is 5.69 Å². The predicted molar refractivity (Wildman–Crippen MR) is 85.2 cm³/mol. The second-order valence-electron chi connectivity index (χ2n) is 5.18. The van der Waals surface area contributed by atoms with Crippen molar-refractivity contribution in [1.82, 2.24) is 5.43 Å². The Morgan fingerprint density at radius 1 is 1.14 bits per heavy atom. The van der Waals surface area contributed by atoms with Crippen molar-refractivity contribution in [3.8, 4) is 0 Å². The molecule has 4 nitrogen and oxygen atoms in total. The van der Waals surface area contributed by atoms with Gasteiger partial charge in [-0.3, -0.25) is 10.2 Å². The molecule has 1 atom stereocenters. The number of amides is 1. The predicted octanol–water partition coefficient (Wildman–Crippen LogP) is 2.80. The van der Waals surface area contributed by atoms with Crippen LogP contribution in [0, 0.1) is 6.92 Å². The van der Waals surface area contributed by atoms with Gasteiger partial charge in [0.1, 0.15) is 5.04 Å². The summed E-state index contributed by atoms with van der Waals surface area (Å²) in [6.07, 6.45) is 0. The number of rotatable bonds is 1. The number of anilines is 1. The lowest BCUT2D eigenvalue weighted by Crippen LogP contribution is -2.39. The quantitative estimate of drug-likeness (QED) is 0.850. The van der Waals surface area contributed by atoms with Crippen molar-refractivity contribution in [1.29, 1.82) is 0 Å². The monoisotopic (exact) mass is 295 g/mol. The van der Waals surface area contributed by atoms with E-state index in [1.807, 2.05) is 55.5 Å². The van der Waals surface area contributed by atoms with Gasteiger partial charge in [0, 0.05) is 16.8 Å². The Bertz CT molecular complexity index is 772. The van der Waals surface area contributed by atoms with Crippen LogP contribution in [0.15, 0.2) is 53.6 Å². The van der Waals surface area contributed by atoms with Crippen LogP contribution in [0.3, 0.4) is 0 Å². The SMILES string of the molecule is Cc1ccc2c(c1)[C@@]1(NN=C(c3ccccc3)S1)C(=O)N2. The van der Waals surface area contributed by atoms with Gasteiger partial charge in [-0.2, -0.15) is 5.10 Å². The lowest BCUT2D eigenvalue weighted by Gasteiger charge is -2.20. The second kappa shape index (κ2) is 4.36. The van der Waals surface area contributed by atoms with Crippen LogP contribution < -0.4 is 10.7 Å². The molecule has 2 aromatic carbocycles. The molecule has 0 saturated heterocycles. The van der Waals surface area contributed by atoms with Crippen LogP contribution in [0.2, 0.25) is 0 Å². The van der Waals surface area contributed by atoms with Gasteiger partial charge in [0.2, 0.25) is 4.87 Å². The fourth-order valence-corrected chi connectivity index (χ4v) is 3.78. The van der Waals surface area contributed by atoms with Crippen molar-refractivity contribution in [2.75, 3.05) is 5.32 Å². The van der Waals surface area contributed by atoms with Gasteiger partial charge in [0.15, 0.2) is 0 Å². The van der Waals surface area contributed by atoms with E-state index in [-0.39, 0.29) is 5.91 Å². The van der Waals surface area contributed by atoms with E-state index in [2.05, 4.69) is 15.8 Å². The molecule has 0 unspecified atom stereocenters. The molecule has 2 N–H and O–H groups in total. The molecule has 1 amide bonds. The van der Waals surface area contributed by atoms with Gasteiger partial charge < -0.3 is 5.32 Å². The first-order valence-corrected chi connectivity index (χ1v) is 7.52. The maximum absolute atomic E-state index is 12.5. The van der Waals surface area contributed by atoms with Gasteiger partial charge in [-0.25, -0.2) is 0 Å². The number of nitrogens with one attached hydrogen (secondary N) is 2. The highest BCUT2D eigenvalue weighted by Gasteiger charge is 2.51. The zero-order valence-corrected chi connectivity index (χ0v) is 12.2. The number of hydrogen-bond donors (Lipinski definition) is 2. The Morgan fingerprint density at radius 2 is 1.95 bits per heavy atom. The van der Waals surface area contributed by atoms with Crippen molar-refractivity contribution in [2.24, 2.45) is 5.10 Å². The molecule has 4 rings (SSSR count). The van der Waals surface area contributed by atoms with E-state index in [4.69, 9.17) is 0 Å². The first-order chi connectivity index (χ1) is 10.2. The third-order valence-electron chi connectivity index (χ3n) is 3.71. The molecule has 21 heavy (non-hydrogen) atoms. The van der Waals surface area contributed by atoms with Crippen LogP contribution in [-0.2, 0) is 9.67 Å². The number of thioether (sulfide) groups is 1. The molecule has 2 heterocycles. The third-order valence-corrected chi connectivity index (χ3v) is 5.03. The van der Waals surface area contributed by atoms with E-state index >= 15 is 0 Å². The van der Waals surface area contributed by atoms with E-state index in [0.717, 1.165) is 27.4 Å². The minimum Gasteiger partial charge on any atom is -0.323 e. The Kier molecular flexibility index (Phi) is 2.59. The van der Waals surface area contributed by atoms with Crippen LogP contribution in [0.25, 0.3) is 0 Å². The number of carbonyl (C=O) groups excluding carboxylic acids is 1. The first kappa shape index (κ1) is 12.5. The topological polar surface area (TPSA) is 53.5 Å². The van der Waals surface area contributed by atoms with E-state index < -0.39 is 4.87 Å². The molecule has 0 aromatic heterocycles. The number of hydrogen-bond acceptors (Lipinski definition) is 4. The molecular formula is C16H13N3OS. The Hall–Kier alpha value is -2.27. The molecule has 104 valence electrons. The summed E-state index contributed by atoms with van der Waals surface area (Å²) < 4.78 is 0. The molecule has 2 aliphatic rings. The van der Waals surface area contributed by atoms with Gasteiger partial charge in [0.25, 0.3) is 5.91 Å². The summed E-state index contributed by atoms with van der Waals surface area (Å²) in [6, 6.07) is 15.9. The minimum absolute atomic E-state index is 0.0669. The van der Waals surface area contributed by atoms with E-state index in [0.29, 0.717) is 0 Å². The molecule has 0 bridgehead atoms. The number of aryl methyl sites for hydroxylation is 1. The number of benzene rings is 2. The maximum Gasteiger partial charge on any atom is 0.267 e. The average Bonchev–Trinajstić information content (AvgIpc) is 3.06. The van der Waals surface area contributed by atoms with Crippen LogP contribution in [0.1, 0.15) is 16.7 Å². The lowest BCUT2D eigenvalue weighted by atomic mass is 10.1. The minimum atomic E-state index is -0.841. The molecule has 5 heteroatoms. The molecule has 2 aliphatic heterocycles. The summed E-state index contributed by atoms with van der Waals surface area (Å²) in [4.78, 5) is 11.6. The van der Waals surface area contributed by atoms with Gasteiger partial charge in [-0.1, -0.05) is 59.8 Å². The first-order valence-electron chi connectivity index (χ1n) is 6.71. The lowest BCUT2D eigenvalue weighted by molar-refractivity contribution is -0.118. The summed E-state index contributed by atoms with van der Waals surface area (Å²) in [6.45, 7) is 2.02. The molecule has 0 radical (unpaired) electrons. The highest BCUT2D eigenvalue weighted by Crippen LogP contribution is 2.48.